The van der Waals surface area contributed by atoms with Gasteiger partial charge in [-0.05, 0) is 73.5 Å². The Kier molecular flexibility index (Phi) is 7.18. The summed E-state index contributed by atoms with van der Waals surface area (Å²) < 4.78 is 15.4. The Hall–Kier alpha value is -2.18. The van der Waals surface area contributed by atoms with Crippen LogP contribution in [0.2, 0.25) is 0 Å². The molecule has 3 saturated carbocycles. The fraction of sp³-hybridized carbons (Fsp3) is 0.786. The first-order valence-electron chi connectivity index (χ1n) is 13.1. The predicted molar refractivity (Wildman–Crippen MR) is 128 cm³/mol. The maximum atomic E-state index is 13.4. The van der Waals surface area contributed by atoms with Gasteiger partial charge in [0, 0.05) is 26.2 Å². The van der Waals surface area contributed by atoms with Crippen LogP contribution in [0.15, 0.2) is 11.6 Å². The van der Waals surface area contributed by atoms with Crippen LogP contribution in [0.1, 0.15) is 85.5 Å². The Morgan fingerprint density at radius 2 is 1.74 bits per heavy atom. The largest absolute Gasteiger partial charge is 0.466 e. The van der Waals surface area contributed by atoms with Gasteiger partial charge in [-0.15, -0.1) is 0 Å². The molecule has 0 saturated heterocycles. The van der Waals surface area contributed by atoms with E-state index < -0.39 is 18.0 Å². The van der Waals surface area contributed by atoms with Gasteiger partial charge in [-0.1, -0.05) is 25.5 Å². The van der Waals surface area contributed by atoms with Gasteiger partial charge in [0.1, 0.15) is 11.9 Å². The van der Waals surface area contributed by atoms with E-state index in [9.17, 15) is 19.2 Å². The van der Waals surface area contributed by atoms with E-state index in [0.29, 0.717) is 17.8 Å². The molecular weight excluding hydrogens is 448 g/mol. The van der Waals surface area contributed by atoms with Gasteiger partial charge in [0.25, 0.3) is 0 Å². The number of allylic oxidation sites excluding steroid dienone is 1. The summed E-state index contributed by atoms with van der Waals surface area (Å²) >= 11 is 0. The third-order valence-corrected chi connectivity index (χ3v) is 9.94. The lowest BCUT2D eigenvalue weighted by molar-refractivity contribution is -0.166. The molecule has 35 heavy (non-hydrogen) atoms. The number of Topliss-reactive ketones (excluding diaryl/α,β-unsaturated/α-hetero) is 1. The molecule has 3 fully saturated rings. The molecule has 4 aliphatic carbocycles. The molecule has 0 N–H and O–H groups in total. The molecule has 7 heteroatoms. The summed E-state index contributed by atoms with van der Waals surface area (Å²) in [6, 6.07) is 0. The van der Waals surface area contributed by atoms with Crippen LogP contribution in [0.25, 0.3) is 0 Å². The predicted octanol–water partition coefficient (Wildman–Crippen LogP) is 4.56. The third-order valence-electron chi connectivity index (χ3n) is 9.94. The van der Waals surface area contributed by atoms with E-state index in [4.69, 9.17) is 14.2 Å². The first-order chi connectivity index (χ1) is 16.5. The topological polar surface area (TPSA) is 96.0 Å². The zero-order valence-electron chi connectivity index (χ0n) is 21.8. The number of ketones is 1. The van der Waals surface area contributed by atoms with E-state index >= 15 is 0 Å². The standard InChI is InChI=1S/C28H40O7/c1-16(29)34-19-10-12-27(3)18(14-19)6-7-20-21-8-9-23(28(21,4)13-11-22(20)27)24(31)15-25(26(32)33-5)35-17(2)30/h6,19-23,25H,7-15H2,1-5H3/t19-,20-,21-,22-,23+,25-,27-,28-/m0/s1. The first kappa shape index (κ1) is 25.9. The number of ether oxygens (including phenoxy) is 3. The second kappa shape index (κ2) is 9.70. The van der Waals surface area contributed by atoms with E-state index in [2.05, 4.69) is 19.9 Å². The minimum atomic E-state index is -1.17. The van der Waals surface area contributed by atoms with Crippen LogP contribution >= 0.6 is 0 Å². The summed E-state index contributed by atoms with van der Waals surface area (Å²) in [5.74, 6) is -0.0244. The molecule has 0 aromatic carbocycles. The van der Waals surface area contributed by atoms with Crippen LogP contribution in [0.4, 0.5) is 0 Å². The van der Waals surface area contributed by atoms with Crippen molar-refractivity contribution in [2.75, 3.05) is 7.11 Å². The summed E-state index contributed by atoms with van der Waals surface area (Å²) in [6.07, 6.45) is 8.81. The highest BCUT2D eigenvalue weighted by Crippen LogP contribution is 2.66. The van der Waals surface area contributed by atoms with Gasteiger partial charge < -0.3 is 14.2 Å². The summed E-state index contributed by atoms with van der Waals surface area (Å²) in [5, 5.41) is 0. The fourth-order valence-electron chi connectivity index (χ4n) is 8.32. The minimum absolute atomic E-state index is 0.00485. The molecule has 0 radical (unpaired) electrons. The second-order valence-corrected chi connectivity index (χ2v) is 11.7. The summed E-state index contributed by atoms with van der Waals surface area (Å²) in [4.78, 5) is 48.5. The van der Waals surface area contributed by atoms with Crippen LogP contribution < -0.4 is 0 Å². The van der Waals surface area contributed by atoms with E-state index in [1.807, 2.05) is 0 Å². The molecule has 0 amide bonds. The normalized spacial score (nSPS) is 38.7. The van der Waals surface area contributed by atoms with Crippen molar-refractivity contribution < 1.29 is 33.4 Å². The third kappa shape index (κ3) is 4.67. The Labute approximate surface area is 208 Å². The zero-order valence-corrected chi connectivity index (χ0v) is 21.8. The van der Waals surface area contributed by atoms with Crippen LogP contribution in [-0.2, 0) is 33.4 Å². The van der Waals surface area contributed by atoms with E-state index in [0.717, 1.165) is 51.4 Å². The monoisotopic (exact) mass is 488 g/mol. The van der Waals surface area contributed by atoms with Gasteiger partial charge in [0.05, 0.1) is 13.5 Å². The Balaban J connectivity index is 1.50. The molecule has 0 aromatic heterocycles. The molecule has 0 aromatic rings. The number of hydrogen-bond donors (Lipinski definition) is 0. The fourth-order valence-corrected chi connectivity index (χ4v) is 8.32. The maximum Gasteiger partial charge on any atom is 0.347 e. The van der Waals surface area contributed by atoms with Gasteiger partial charge in [0.15, 0.2) is 0 Å². The lowest BCUT2D eigenvalue weighted by atomic mass is 9.47. The molecule has 4 aliphatic rings. The second-order valence-electron chi connectivity index (χ2n) is 11.7. The van der Waals surface area contributed by atoms with Crippen molar-refractivity contribution in [3.05, 3.63) is 11.6 Å². The van der Waals surface area contributed by atoms with Gasteiger partial charge in [-0.25, -0.2) is 4.79 Å². The SMILES string of the molecule is COC(=O)[C@H](CC(=O)[C@H]1CC[C@H]2[C@@H]3CC=C4C[C@@H](OC(C)=O)CC[C@]4(C)[C@H]3CC[C@]12C)OC(C)=O. The van der Waals surface area contributed by atoms with Crippen molar-refractivity contribution in [3.63, 3.8) is 0 Å². The van der Waals surface area contributed by atoms with Crippen LogP contribution in [0.3, 0.4) is 0 Å². The van der Waals surface area contributed by atoms with Crippen molar-refractivity contribution in [2.24, 2.45) is 34.5 Å². The average Bonchev–Trinajstić information content (AvgIpc) is 3.15. The molecule has 4 rings (SSSR count). The molecule has 0 unspecified atom stereocenters. The van der Waals surface area contributed by atoms with Crippen LogP contribution in [0.5, 0.6) is 0 Å². The quantitative estimate of drug-likeness (QED) is 0.307. The van der Waals surface area contributed by atoms with Crippen molar-refractivity contribution in [1.82, 2.24) is 0 Å². The molecule has 8 atom stereocenters. The van der Waals surface area contributed by atoms with Crippen LogP contribution in [0, 0.1) is 34.5 Å². The Morgan fingerprint density at radius 3 is 2.40 bits per heavy atom. The first-order valence-corrected chi connectivity index (χ1v) is 13.1. The van der Waals surface area contributed by atoms with E-state index in [-0.39, 0.29) is 41.0 Å². The number of carbonyl (C=O) groups is 4. The number of methoxy groups -OCH3 is 1. The molecule has 0 bridgehead atoms. The lowest BCUT2D eigenvalue weighted by Crippen LogP contribution is -2.51. The number of hydrogen-bond acceptors (Lipinski definition) is 7. The highest BCUT2D eigenvalue weighted by molar-refractivity contribution is 5.89. The summed E-state index contributed by atoms with van der Waals surface area (Å²) in [5.41, 5.74) is 1.48. The number of esters is 3. The van der Waals surface area contributed by atoms with E-state index in [1.165, 1.54) is 26.5 Å². The maximum absolute atomic E-state index is 13.4. The van der Waals surface area contributed by atoms with Crippen molar-refractivity contribution >= 4 is 23.7 Å². The minimum Gasteiger partial charge on any atom is -0.466 e. The number of rotatable bonds is 6. The molecular formula is C28H40O7. The number of carbonyl (C=O) groups excluding carboxylic acids is 4. The lowest BCUT2D eigenvalue weighted by Gasteiger charge is -2.58. The van der Waals surface area contributed by atoms with Crippen molar-refractivity contribution in [1.29, 1.82) is 0 Å². The highest BCUT2D eigenvalue weighted by atomic mass is 16.6. The summed E-state index contributed by atoms with van der Waals surface area (Å²) in [6.45, 7) is 7.39. The molecule has 194 valence electrons. The zero-order chi connectivity index (χ0) is 25.5. The van der Waals surface area contributed by atoms with Crippen molar-refractivity contribution in [2.45, 2.75) is 97.7 Å². The Bertz CT molecular complexity index is 922. The molecule has 0 spiro atoms. The molecule has 7 nitrogen and oxygen atoms in total. The van der Waals surface area contributed by atoms with Gasteiger partial charge in [-0.3, -0.25) is 14.4 Å². The van der Waals surface area contributed by atoms with Crippen LogP contribution in [-0.4, -0.2) is 43.0 Å². The van der Waals surface area contributed by atoms with Gasteiger partial charge in [0.2, 0.25) is 6.10 Å². The Morgan fingerprint density at radius 1 is 1.00 bits per heavy atom. The van der Waals surface area contributed by atoms with Gasteiger partial charge in [-0.2, -0.15) is 0 Å². The summed E-state index contributed by atoms with van der Waals surface area (Å²) in [7, 11) is 1.24. The van der Waals surface area contributed by atoms with Gasteiger partial charge >= 0.3 is 17.9 Å². The van der Waals surface area contributed by atoms with Crippen molar-refractivity contribution in [3.8, 4) is 0 Å². The number of fused-ring (bicyclic) bond motifs is 5. The molecule has 0 heterocycles. The molecule has 0 aliphatic heterocycles. The average molecular weight is 489 g/mol. The smallest absolute Gasteiger partial charge is 0.347 e. The highest BCUT2D eigenvalue weighted by Gasteiger charge is 2.60. The van der Waals surface area contributed by atoms with E-state index in [1.54, 1.807) is 0 Å².